The van der Waals surface area contributed by atoms with Gasteiger partial charge >= 0.3 is 5.69 Å². The highest BCUT2D eigenvalue weighted by atomic mass is 35.7. The van der Waals surface area contributed by atoms with Gasteiger partial charge in [0, 0.05) is 16.9 Å². The van der Waals surface area contributed by atoms with Gasteiger partial charge in [0.15, 0.2) is 10.0 Å². The first-order chi connectivity index (χ1) is 7.66. The zero-order valence-corrected chi connectivity index (χ0v) is 9.93. The fourth-order valence-electron chi connectivity index (χ4n) is 1.04. The number of halogens is 4. The number of alkyl halides is 2. The Morgan fingerprint density at radius 3 is 2.35 bits per heavy atom. The van der Waals surface area contributed by atoms with Crippen molar-refractivity contribution in [2.75, 3.05) is 0 Å². The summed E-state index contributed by atoms with van der Waals surface area (Å²) in [6, 6.07) is 0. The van der Waals surface area contributed by atoms with Gasteiger partial charge in [-0.05, 0) is 0 Å². The summed E-state index contributed by atoms with van der Waals surface area (Å²) in [4.78, 5) is 11.2. The fraction of sp³-hybridized carbons (Fsp3) is 0.167. The van der Waals surface area contributed by atoms with Crippen LogP contribution < -0.4 is 0 Å². The third-order valence-electron chi connectivity index (χ3n) is 1.65. The van der Waals surface area contributed by atoms with Gasteiger partial charge in [-0.25, -0.2) is 22.2 Å². The molecule has 6 nitrogen and oxygen atoms in total. The molecule has 0 radical (unpaired) electrons. The maximum Gasteiger partial charge on any atom is 0.302 e. The largest absolute Gasteiger partial charge is 0.302 e. The summed E-state index contributed by atoms with van der Waals surface area (Å²) in [5, 5.41) is 9.77. The van der Waals surface area contributed by atoms with Crippen LogP contribution in [-0.2, 0) is 9.05 Å². The molecule has 11 heteroatoms. The smallest absolute Gasteiger partial charge is 0.258 e. The van der Waals surface area contributed by atoms with Crippen molar-refractivity contribution in [2.24, 2.45) is 0 Å². The first kappa shape index (κ1) is 14.0. The van der Waals surface area contributed by atoms with Gasteiger partial charge in [-0.3, -0.25) is 10.1 Å². The molecule has 0 saturated carbocycles. The monoisotopic (exact) mass is 306 g/mol. The Balaban J connectivity index is 3.80. The molecule has 0 aromatic carbocycles. The van der Waals surface area contributed by atoms with E-state index in [1.165, 1.54) is 0 Å². The third-order valence-corrected chi connectivity index (χ3v) is 3.39. The van der Waals surface area contributed by atoms with Crippen molar-refractivity contribution in [1.29, 1.82) is 0 Å². The molecule has 0 bridgehead atoms. The second-order valence-corrected chi connectivity index (χ2v) is 5.54. The standard InChI is InChI=1S/C6H2Cl2F2N2O4S/c7-5-4(17(8,15)16)3(12(13)14)2(1-11-5)6(9)10/h1,6H. The second-order valence-electron chi connectivity index (χ2n) is 2.68. The number of aromatic nitrogens is 1. The molecular weight excluding hydrogens is 305 g/mol. The van der Waals surface area contributed by atoms with E-state index in [-0.39, 0.29) is 0 Å². The molecule has 1 aromatic rings. The maximum atomic E-state index is 12.5. The van der Waals surface area contributed by atoms with Crippen LogP contribution in [0.2, 0.25) is 5.15 Å². The van der Waals surface area contributed by atoms with Crippen molar-refractivity contribution in [3.8, 4) is 0 Å². The first-order valence-electron chi connectivity index (χ1n) is 3.72. The van der Waals surface area contributed by atoms with Gasteiger partial charge in [0.25, 0.3) is 15.5 Å². The minimum atomic E-state index is -4.66. The molecule has 0 amide bonds. The minimum Gasteiger partial charge on any atom is -0.258 e. The molecule has 1 aromatic heterocycles. The summed E-state index contributed by atoms with van der Waals surface area (Å²) in [5.74, 6) is 0. The van der Waals surface area contributed by atoms with Crippen LogP contribution in [-0.4, -0.2) is 18.3 Å². The zero-order valence-electron chi connectivity index (χ0n) is 7.60. The Kier molecular flexibility index (Phi) is 3.84. The van der Waals surface area contributed by atoms with Gasteiger partial charge < -0.3 is 0 Å². The average molecular weight is 307 g/mol. The number of hydrogen-bond acceptors (Lipinski definition) is 5. The lowest BCUT2D eigenvalue weighted by Crippen LogP contribution is -2.05. The summed E-state index contributed by atoms with van der Waals surface area (Å²) in [7, 11) is 0.226. The highest BCUT2D eigenvalue weighted by Crippen LogP contribution is 2.38. The first-order valence-corrected chi connectivity index (χ1v) is 6.40. The van der Waals surface area contributed by atoms with Gasteiger partial charge in [-0.2, -0.15) is 0 Å². The normalized spacial score (nSPS) is 11.8. The van der Waals surface area contributed by atoms with E-state index in [4.69, 9.17) is 22.3 Å². The summed E-state index contributed by atoms with van der Waals surface area (Å²) in [6.07, 6.45) is -2.85. The lowest BCUT2D eigenvalue weighted by atomic mass is 10.2. The Hall–Kier alpha value is -1.06. The van der Waals surface area contributed by atoms with Crippen molar-refractivity contribution >= 4 is 37.0 Å². The summed E-state index contributed by atoms with van der Waals surface area (Å²) in [5.41, 5.74) is -2.53. The highest BCUT2D eigenvalue weighted by Gasteiger charge is 2.35. The van der Waals surface area contributed by atoms with Crippen LogP contribution in [0.5, 0.6) is 0 Å². The summed E-state index contributed by atoms with van der Waals surface area (Å²) < 4.78 is 47.0. The van der Waals surface area contributed by atoms with Gasteiger partial charge in [0.2, 0.25) is 0 Å². The predicted octanol–water partition coefficient (Wildman–Crippen LogP) is 2.51. The van der Waals surface area contributed by atoms with Crippen LogP contribution in [0.1, 0.15) is 12.0 Å². The Morgan fingerprint density at radius 2 is 2.00 bits per heavy atom. The molecule has 0 unspecified atom stereocenters. The molecular formula is C6H2Cl2F2N2O4S. The van der Waals surface area contributed by atoms with E-state index >= 15 is 0 Å². The fourth-order valence-corrected chi connectivity index (χ4v) is 2.72. The van der Waals surface area contributed by atoms with E-state index in [0.717, 1.165) is 0 Å². The molecule has 0 atom stereocenters. The number of rotatable bonds is 3. The van der Waals surface area contributed by atoms with E-state index in [2.05, 4.69) is 4.98 Å². The molecule has 0 aliphatic rings. The summed E-state index contributed by atoms with van der Waals surface area (Å²) in [6.45, 7) is 0. The predicted molar refractivity (Wildman–Crippen MR) is 53.9 cm³/mol. The van der Waals surface area contributed by atoms with E-state index in [1.807, 2.05) is 0 Å². The lowest BCUT2D eigenvalue weighted by Gasteiger charge is -2.05. The lowest BCUT2D eigenvalue weighted by molar-refractivity contribution is -0.389. The van der Waals surface area contributed by atoms with Crippen LogP contribution in [0.25, 0.3) is 0 Å². The summed E-state index contributed by atoms with van der Waals surface area (Å²) >= 11 is 5.31. The molecule has 94 valence electrons. The zero-order chi connectivity index (χ0) is 13.4. The molecule has 0 N–H and O–H groups in total. The van der Waals surface area contributed by atoms with Crippen LogP contribution in [0.4, 0.5) is 14.5 Å². The molecule has 0 aliphatic heterocycles. The van der Waals surface area contributed by atoms with Crippen LogP contribution in [0.15, 0.2) is 11.1 Å². The van der Waals surface area contributed by atoms with E-state index in [1.54, 1.807) is 0 Å². The molecule has 0 saturated heterocycles. The van der Waals surface area contributed by atoms with Crippen LogP contribution >= 0.6 is 22.3 Å². The van der Waals surface area contributed by atoms with Crippen molar-refractivity contribution < 1.29 is 22.1 Å². The Bertz CT molecular complexity index is 578. The van der Waals surface area contributed by atoms with Crippen molar-refractivity contribution in [1.82, 2.24) is 4.98 Å². The maximum absolute atomic E-state index is 12.5. The Labute approximate surface area is 103 Å². The van der Waals surface area contributed by atoms with Gasteiger partial charge in [-0.1, -0.05) is 11.6 Å². The van der Waals surface area contributed by atoms with Crippen molar-refractivity contribution in [2.45, 2.75) is 11.3 Å². The second kappa shape index (κ2) is 4.67. The van der Waals surface area contributed by atoms with Gasteiger partial charge in [0.05, 0.1) is 4.92 Å². The van der Waals surface area contributed by atoms with Crippen LogP contribution in [0, 0.1) is 10.1 Å². The van der Waals surface area contributed by atoms with Crippen molar-refractivity contribution in [3.05, 3.63) is 27.0 Å². The Morgan fingerprint density at radius 1 is 1.47 bits per heavy atom. The number of pyridine rings is 1. The molecule has 0 spiro atoms. The van der Waals surface area contributed by atoms with Gasteiger partial charge in [0.1, 0.15) is 5.56 Å². The topological polar surface area (TPSA) is 90.2 Å². The highest BCUT2D eigenvalue weighted by molar-refractivity contribution is 8.14. The minimum absolute atomic E-state index is 0.427. The quantitative estimate of drug-likeness (QED) is 0.370. The molecule has 1 rings (SSSR count). The third kappa shape index (κ3) is 2.79. The SMILES string of the molecule is O=[N+]([O-])c1c(C(F)F)cnc(Cl)c1S(=O)(=O)Cl. The van der Waals surface area contributed by atoms with Gasteiger partial charge in [-0.15, -0.1) is 0 Å². The molecule has 0 aliphatic carbocycles. The van der Waals surface area contributed by atoms with Crippen LogP contribution in [0.3, 0.4) is 0 Å². The molecule has 1 heterocycles. The number of nitro groups is 1. The number of nitrogens with zero attached hydrogens (tertiary/aromatic N) is 2. The molecule has 17 heavy (non-hydrogen) atoms. The molecule has 0 fully saturated rings. The van der Waals surface area contributed by atoms with E-state index in [0.29, 0.717) is 6.20 Å². The average Bonchev–Trinajstić information content (AvgIpc) is 2.14. The van der Waals surface area contributed by atoms with E-state index in [9.17, 15) is 27.3 Å². The van der Waals surface area contributed by atoms with E-state index < -0.39 is 41.7 Å². The van der Waals surface area contributed by atoms with Crippen molar-refractivity contribution in [3.63, 3.8) is 0 Å². The number of hydrogen-bond donors (Lipinski definition) is 0.